The van der Waals surface area contributed by atoms with Gasteiger partial charge in [-0.2, -0.15) is 0 Å². The lowest BCUT2D eigenvalue weighted by atomic mass is 10.1. The van der Waals surface area contributed by atoms with Gasteiger partial charge < -0.3 is 24.4 Å². The highest BCUT2D eigenvalue weighted by Gasteiger charge is 2.26. The maximum Gasteiger partial charge on any atom is 0.242 e. The van der Waals surface area contributed by atoms with Crippen molar-refractivity contribution in [2.45, 2.75) is 45.7 Å². The van der Waals surface area contributed by atoms with Crippen molar-refractivity contribution in [1.29, 1.82) is 0 Å². The van der Waals surface area contributed by atoms with Crippen LogP contribution in [0.15, 0.2) is 42.5 Å². The molecule has 0 saturated heterocycles. The maximum absolute atomic E-state index is 13.2. The largest absolute Gasteiger partial charge is 0.497 e. The number of fused-ring (bicyclic) bond motifs is 1. The van der Waals surface area contributed by atoms with Crippen LogP contribution in [0.2, 0.25) is 0 Å². The van der Waals surface area contributed by atoms with Crippen molar-refractivity contribution in [2.75, 3.05) is 20.4 Å². The second-order valence-electron chi connectivity index (χ2n) is 7.52. The average Bonchev–Trinajstić information content (AvgIpc) is 3.27. The van der Waals surface area contributed by atoms with E-state index in [1.807, 2.05) is 49.4 Å². The first kappa shape index (κ1) is 22.5. The molecular weight excluding hydrogens is 396 g/mol. The summed E-state index contributed by atoms with van der Waals surface area (Å²) >= 11 is 0. The summed E-state index contributed by atoms with van der Waals surface area (Å²) in [7, 11) is 1.61. The first-order valence-electron chi connectivity index (χ1n) is 10.6. The van der Waals surface area contributed by atoms with Crippen molar-refractivity contribution >= 4 is 11.8 Å². The van der Waals surface area contributed by atoms with Crippen LogP contribution >= 0.6 is 0 Å². The van der Waals surface area contributed by atoms with E-state index in [-0.39, 0.29) is 18.6 Å². The van der Waals surface area contributed by atoms with Gasteiger partial charge in [-0.05, 0) is 55.2 Å². The number of aryl methyl sites for hydroxylation is 1. The number of methoxy groups -OCH3 is 1. The summed E-state index contributed by atoms with van der Waals surface area (Å²) < 4.78 is 16.0. The standard InChI is InChI=1S/C24H30N2O5/c1-4-13-25-24(28)17(2)26(15-19-5-9-20(29-3)10-6-19)23(27)12-8-18-7-11-21-22(14-18)31-16-30-21/h5-7,9-11,14,17H,4,8,12-13,15-16H2,1-3H3,(H,25,28)/t17-/m0/s1. The Balaban J connectivity index is 1.70. The fourth-order valence-corrected chi connectivity index (χ4v) is 3.40. The minimum absolute atomic E-state index is 0.0763. The number of nitrogens with one attached hydrogen (secondary N) is 1. The predicted molar refractivity (Wildman–Crippen MR) is 117 cm³/mol. The highest BCUT2D eigenvalue weighted by molar-refractivity contribution is 5.87. The summed E-state index contributed by atoms with van der Waals surface area (Å²) in [6.07, 6.45) is 1.69. The first-order chi connectivity index (χ1) is 15.0. The van der Waals surface area contributed by atoms with Crippen molar-refractivity contribution < 1.29 is 23.8 Å². The second-order valence-corrected chi connectivity index (χ2v) is 7.52. The minimum atomic E-state index is -0.571. The highest BCUT2D eigenvalue weighted by atomic mass is 16.7. The molecule has 0 spiro atoms. The Labute approximate surface area is 183 Å². The molecule has 1 atom stereocenters. The molecule has 2 amide bonds. The van der Waals surface area contributed by atoms with Gasteiger partial charge in [-0.3, -0.25) is 9.59 Å². The fourth-order valence-electron chi connectivity index (χ4n) is 3.40. The SMILES string of the molecule is CCCNC(=O)[C@H](C)N(Cc1ccc(OC)cc1)C(=O)CCc1ccc2c(c1)OCO2. The molecule has 0 aliphatic carbocycles. The van der Waals surface area contributed by atoms with Gasteiger partial charge in [0.05, 0.1) is 7.11 Å². The van der Waals surface area contributed by atoms with Crippen LogP contribution in [0.4, 0.5) is 0 Å². The maximum atomic E-state index is 13.2. The Morgan fingerprint density at radius 3 is 2.52 bits per heavy atom. The molecule has 0 saturated carbocycles. The summed E-state index contributed by atoms with van der Waals surface area (Å²) in [5.41, 5.74) is 1.93. The number of benzene rings is 2. The lowest BCUT2D eigenvalue weighted by Crippen LogP contribution is -2.47. The topological polar surface area (TPSA) is 77.1 Å². The molecule has 2 aromatic carbocycles. The third kappa shape index (κ3) is 5.90. The molecular formula is C24H30N2O5. The van der Waals surface area contributed by atoms with Crippen LogP contribution in [0.25, 0.3) is 0 Å². The third-order valence-electron chi connectivity index (χ3n) is 5.29. The normalized spacial score (nSPS) is 12.9. The minimum Gasteiger partial charge on any atom is -0.497 e. The number of hydrogen-bond acceptors (Lipinski definition) is 5. The summed E-state index contributed by atoms with van der Waals surface area (Å²) in [5.74, 6) is 1.95. The Morgan fingerprint density at radius 2 is 1.81 bits per heavy atom. The van der Waals surface area contributed by atoms with Crippen molar-refractivity contribution in [3.8, 4) is 17.2 Å². The first-order valence-corrected chi connectivity index (χ1v) is 10.6. The molecule has 1 heterocycles. The summed E-state index contributed by atoms with van der Waals surface area (Å²) in [6.45, 7) is 4.93. The van der Waals surface area contributed by atoms with Crippen LogP contribution in [0.1, 0.15) is 37.8 Å². The number of rotatable bonds is 10. The van der Waals surface area contributed by atoms with Gasteiger partial charge in [-0.15, -0.1) is 0 Å². The number of amides is 2. The average molecular weight is 427 g/mol. The van der Waals surface area contributed by atoms with E-state index in [0.717, 1.165) is 29.0 Å². The Bertz CT molecular complexity index is 897. The number of hydrogen-bond donors (Lipinski definition) is 1. The molecule has 0 bridgehead atoms. The van der Waals surface area contributed by atoms with Gasteiger partial charge in [0.2, 0.25) is 18.6 Å². The van der Waals surface area contributed by atoms with Crippen LogP contribution in [-0.4, -0.2) is 43.2 Å². The molecule has 0 aromatic heterocycles. The van der Waals surface area contributed by atoms with Gasteiger partial charge >= 0.3 is 0 Å². The van der Waals surface area contributed by atoms with Gasteiger partial charge in [0.1, 0.15) is 11.8 Å². The summed E-state index contributed by atoms with van der Waals surface area (Å²) in [5, 5.41) is 2.89. The van der Waals surface area contributed by atoms with E-state index in [2.05, 4.69) is 5.32 Å². The van der Waals surface area contributed by atoms with E-state index < -0.39 is 6.04 Å². The molecule has 1 aliphatic heterocycles. The Kier molecular flexibility index (Phi) is 7.76. The second kappa shape index (κ2) is 10.7. The van der Waals surface area contributed by atoms with Crippen LogP contribution in [-0.2, 0) is 22.6 Å². The highest BCUT2D eigenvalue weighted by Crippen LogP contribution is 2.32. The van der Waals surface area contributed by atoms with Gasteiger partial charge in [-0.25, -0.2) is 0 Å². The van der Waals surface area contributed by atoms with Gasteiger partial charge in [0.25, 0.3) is 0 Å². The number of carbonyl (C=O) groups excluding carboxylic acids is 2. The van der Waals surface area contributed by atoms with Gasteiger partial charge in [0, 0.05) is 19.5 Å². The molecule has 1 aliphatic rings. The Morgan fingerprint density at radius 1 is 1.10 bits per heavy atom. The number of ether oxygens (including phenoxy) is 3. The van der Waals surface area contributed by atoms with E-state index in [1.54, 1.807) is 18.9 Å². The van der Waals surface area contributed by atoms with E-state index in [9.17, 15) is 9.59 Å². The lowest BCUT2D eigenvalue weighted by molar-refractivity contribution is -0.140. The molecule has 1 N–H and O–H groups in total. The lowest BCUT2D eigenvalue weighted by Gasteiger charge is -2.29. The van der Waals surface area contributed by atoms with Crippen LogP contribution in [0.5, 0.6) is 17.2 Å². The van der Waals surface area contributed by atoms with Crippen molar-refractivity contribution in [3.05, 3.63) is 53.6 Å². The Hall–Kier alpha value is -3.22. The quantitative estimate of drug-likeness (QED) is 0.631. The van der Waals surface area contributed by atoms with Crippen molar-refractivity contribution in [3.63, 3.8) is 0 Å². The number of carbonyl (C=O) groups is 2. The van der Waals surface area contributed by atoms with Crippen molar-refractivity contribution in [1.82, 2.24) is 10.2 Å². The summed E-state index contributed by atoms with van der Waals surface area (Å²) in [4.78, 5) is 27.4. The van der Waals surface area contributed by atoms with Crippen LogP contribution < -0.4 is 19.5 Å². The van der Waals surface area contributed by atoms with E-state index >= 15 is 0 Å². The molecule has 31 heavy (non-hydrogen) atoms. The monoisotopic (exact) mass is 426 g/mol. The summed E-state index contributed by atoms with van der Waals surface area (Å²) in [6, 6.07) is 12.7. The molecule has 7 nitrogen and oxygen atoms in total. The molecule has 7 heteroatoms. The molecule has 3 rings (SSSR count). The molecule has 0 unspecified atom stereocenters. The third-order valence-corrected chi connectivity index (χ3v) is 5.29. The molecule has 166 valence electrons. The predicted octanol–water partition coefficient (Wildman–Crippen LogP) is 3.30. The number of nitrogens with zero attached hydrogens (tertiary/aromatic N) is 1. The molecule has 0 radical (unpaired) electrons. The molecule has 2 aromatic rings. The fraction of sp³-hybridized carbons (Fsp3) is 0.417. The van der Waals surface area contributed by atoms with Gasteiger partial charge in [-0.1, -0.05) is 25.1 Å². The zero-order valence-corrected chi connectivity index (χ0v) is 18.3. The van der Waals surface area contributed by atoms with Crippen LogP contribution in [0, 0.1) is 0 Å². The smallest absolute Gasteiger partial charge is 0.242 e. The zero-order valence-electron chi connectivity index (χ0n) is 18.3. The van der Waals surface area contributed by atoms with E-state index in [1.165, 1.54) is 0 Å². The van der Waals surface area contributed by atoms with Crippen molar-refractivity contribution in [2.24, 2.45) is 0 Å². The van der Waals surface area contributed by atoms with Crippen LogP contribution in [0.3, 0.4) is 0 Å². The zero-order chi connectivity index (χ0) is 22.2. The van der Waals surface area contributed by atoms with E-state index in [0.29, 0.717) is 31.7 Å². The van der Waals surface area contributed by atoms with Gasteiger partial charge in [0.15, 0.2) is 11.5 Å². The molecule has 0 fully saturated rings. The van der Waals surface area contributed by atoms with E-state index in [4.69, 9.17) is 14.2 Å².